The molecule has 0 bridgehead atoms. The minimum atomic E-state index is -2.99. The largest absolute Gasteiger partial charge is 0.342 e. The maximum absolute atomic E-state index is 15.1. The highest BCUT2D eigenvalue weighted by Gasteiger charge is 2.49. The number of hydrogen-bond acceptors (Lipinski definition) is 1. The minimum absolute atomic E-state index is 0.0695. The molecule has 1 heterocycles. The number of fused-ring (bicyclic) bond motifs is 3. The van der Waals surface area contributed by atoms with Gasteiger partial charge in [-0.15, -0.1) is 0 Å². The van der Waals surface area contributed by atoms with E-state index in [0.29, 0.717) is 26.9 Å². The third-order valence-corrected chi connectivity index (χ3v) is 7.41. The molecule has 1 N–H and O–H groups in total. The SMILES string of the molecule is FC1(F)c2cc(Br)ccc2-c2ccc(-c3cnc(C4CCC5(CC5)C4)[nH]3)cc21. The van der Waals surface area contributed by atoms with Crippen LogP contribution in [0.1, 0.15) is 55.0 Å². The Morgan fingerprint density at radius 3 is 2.50 bits per heavy atom. The quantitative estimate of drug-likeness (QED) is 0.456. The number of rotatable bonds is 2. The van der Waals surface area contributed by atoms with Gasteiger partial charge >= 0.3 is 0 Å². The zero-order valence-electron chi connectivity index (χ0n) is 15.2. The summed E-state index contributed by atoms with van der Waals surface area (Å²) < 4.78 is 30.9. The molecule has 5 heteroatoms. The van der Waals surface area contributed by atoms with Gasteiger partial charge in [-0.25, -0.2) is 4.98 Å². The van der Waals surface area contributed by atoms with Gasteiger partial charge in [-0.2, -0.15) is 8.78 Å². The molecule has 6 rings (SSSR count). The number of aromatic amines is 1. The Balaban J connectivity index is 1.37. The van der Waals surface area contributed by atoms with E-state index < -0.39 is 5.92 Å². The number of halogens is 3. The summed E-state index contributed by atoms with van der Waals surface area (Å²) in [5.74, 6) is -1.50. The summed E-state index contributed by atoms with van der Waals surface area (Å²) in [4.78, 5) is 8.02. The molecule has 3 aromatic rings. The molecule has 1 aromatic heterocycles. The van der Waals surface area contributed by atoms with Crippen LogP contribution in [0.3, 0.4) is 0 Å². The van der Waals surface area contributed by atoms with Crippen LogP contribution in [0.2, 0.25) is 0 Å². The molecule has 0 aliphatic heterocycles. The molecule has 142 valence electrons. The normalized spacial score (nSPS) is 23.0. The number of benzene rings is 2. The van der Waals surface area contributed by atoms with Gasteiger partial charge < -0.3 is 4.98 Å². The molecule has 3 aliphatic carbocycles. The highest BCUT2D eigenvalue weighted by Crippen LogP contribution is 2.61. The Labute approximate surface area is 170 Å². The molecule has 1 spiro atoms. The second kappa shape index (κ2) is 5.53. The van der Waals surface area contributed by atoms with Gasteiger partial charge in [0.15, 0.2) is 0 Å². The minimum Gasteiger partial charge on any atom is -0.342 e. The maximum atomic E-state index is 15.1. The van der Waals surface area contributed by atoms with Crippen molar-refractivity contribution in [3.05, 3.63) is 64.0 Å². The van der Waals surface area contributed by atoms with Gasteiger partial charge in [0.05, 0.1) is 11.9 Å². The van der Waals surface area contributed by atoms with Crippen molar-refractivity contribution in [1.29, 1.82) is 0 Å². The van der Waals surface area contributed by atoms with Crippen LogP contribution >= 0.6 is 15.9 Å². The molecule has 3 aliphatic rings. The molecule has 0 amide bonds. The van der Waals surface area contributed by atoms with E-state index in [2.05, 4.69) is 25.9 Å². The second-order valence-corrected chi connectivity index (χ2v) is 9.56. The number of alkyl halides is 2. The van der Waals surface area contributed by atoms with E-state index in [1.54, 1.807) is 18.3 Å². The van der Waals surface area contributed by atoms with Gasteiger partial charge in [-0.3, -0.25) is 0 Å². The first-order valence-corrected chi connectivity index (χ1v) is 10.6. The van der Waals surface area contributed by atoms with Gasteiger partial charge in [0.1, 0.15) is 5.82 Å². The molecule has 2 nitrogen and oxygen atoms in total. The molecule has 2 aromatic carbocycles. The van der Waals surface area contributed by atoms with Crippen molar-refractivity contribution in [2.75, 3.05) is 0 Å². The van der Waals surface area contributed by atoms with Crippen LogP contribution in [0.15, 0.2) is 47.1 Å². The summed E-state index contributed by atoms with van der Waals surface area (Å²) in [7, 11) is 0. The van der Waals surface area contributed by atoms with Crippen LogP contribution in [-0.2, 0) is 5.92 Å². The van der Waals surface area contributed by atoms with Crippen molar-refractivity contribution >= 4 is 15.9 Å². The summed E-state index contributed by atoms with van der Waals surface area (Å²) in [6, 6.07) is 10.5. The lowest BCUT2D eigenvalue weighted by Crippen LogP contribution is -2.11. The van der Waals surface area contributed by atoms with Gasteiger partial charge in [0, 0.05) is 27.1 Å². The summed E-state index contributed by atoms with van der Waals surface area (Å²) in [6.07, 6.45) is 8.20. The van der Waals surface area contributed by atoms with Crippen LogP contribution in [0, 0.1) is 5.41 Å². The first-order chi connectivity index (χ1) is 13.5. The second-order valence-electron chi connectivity index (χ2n) is 8.65. The van der Waals surface area contributed by atoms with E-state index in [1.807, 2.05) is 18.2 Å². The van der Waals surface area contributed by atoms with Crippen molar-refractivity contribution in [3.8, 4) is 22.4 Å². The number of nitrogens with one attached hydrogen (secondary N) is 1. The highest BCUT2D eigenvalue weighted by atomic mass is 79.9. The van der Waals surface area contributed by atoms with Gasteiger partial charge in [-0.05, 0) is 66.8 Å². The molecule has 0 radical (unpaired) electrons. The smallest absolute Gasteiger partial charge is 0.299 e. The number of aromatic nitrogens is 2. The van der Waals surface area contributed by atoms with Crippen molar-refractivity contribution in [2.45, 2.75) is 43.9 Å². The van der Waals surface area contributed by atoms with E-state index in [9.17, 15) is 0 Å². The van der Waals surface area contributed by atoms with Crippen LogP contribution in [0.4, 0.5) is 8.78 Å². The maximum Gasteiger partial charge on any atom is 0.299 e. The Bertz CT molecular complexity index is 1110. The number of imidazole rings is 1. The zero-order chi connectivity index (χ0) is 19.1. The van der Waals surface area contributed by atoms with Gasteiger partial charge in [0.25, 0.3) is 5.92 Å². The lowest BCUT2D eigenvalue weighted by atomic mass is 10.0. The number of H-pyrrole nitrogens is 1. The molecule has 2 saturated carbocycles. The van der Waals surface area contributed by atoms with E-state index in [-0.39, 0.29) is 11.1 Å². The van der Waals surface area contributed by atoms with Crippen molar-refractivity contribution in [2.24, 2.45) is 5.41 Å². The first kappa shape index (κ1) is 16.9. The molecular formula is C23H19BrF2N2. The fourth-order valence-corrected chi connectivity index (χ4v) is 5.49. The third-order valence-electron chi connectivity index (χ3n) is 6.92. The van der Waals surface area contributed by atoms with Crippen LogP contribution < -0.4 is 0 Å². The van der Waals surface area contributed by atoms with E-state index in [0.717, 1.165) is 17.1 Å². The molecule has 1 atom stereocenters. The molecule has 0 saturated heterocycles. The Hall–Kier alpha value is -2.01. The lowest BCUT2D eigenvalue weighted by molar-refractivity contribution is 0.0480. The molecule has 1 unspecified atom stereocenters. The predicted molar refractivity (Wildman–Crippen MR) is 108 cm³/mol. The number of hydrogen-bond donors (Lipinski definition) is 1. The molecule has 28 heavy (non-hydrogen) atoms. The van der Waals surface area contributed by atoms with Gasteiger partial charge in [0.2, 0.25) is 0 Å². The van der Waals surface area contributed by atoms with E-state index in [4.69, 9.17) is 0 Å². The topological polar surface area (TPSA) is 28.7 Å². The Morgan fingerprint density at radius 1 is 1.00 bits per heavy atom. The lowest BCUT2D eigenvalue weighted by Gasteiger charge is -2.13. The monoisotopic (exact) mass is 440 g/mol. The fraction of sp³-hybridized carbons (Fsp3) is 0.348. The third kappa shape index (κ3) is 2.38. The standard InChI is InChI=1S/C23H19BrF2N2/c24-15-2-4-17-16-3-1-13(9-18(16)23(25,26)19(17)10-15)20-12-27-21(28-20)14-5-6-22(11-14)7-8-22/h1-4,9-10,12,14H,5-8,11H2,(H,27,28). The van der Waals surface area contributed by atoms with Gasteiger partial charge in [-0.1, -0.05) is 34.1 Å². The highest BCUT2D eigenvalue weighted by molar-refractivity contribution is 9.10. The Morgan fingerprint density at radius 2 is 1.75 bits per heavy atom. The summed E-state index contributed by atoms with van der Waals surface area (Å²) in [6.45, 7) is 0. The average molecular weight is 441 g/mol. The Kier molecular flexibility index (Phi) is 3.34. The summed E-state index contributed by atoms with van der Waals surface area (Å²) in [5.41, 5.74) is 3.55. The summed E-state index contributed by atoms with van der Waals surface area (Å²) >= 11 is 3.31. The zero-order valence-corrected chi connectivity index (χ0v) is 16.8. The average Bonchev–Trinajstić information content (AvgIpc) is 3.03. The van der Waals surface area contributed by atoms with E-state index in [1.165, 1.54) is 38.2 Å². The van der Waals surface area contributed by atoms with Crippen LogP contribution in [0.5, 0.6) is 0 Å². The molecule has 2 fully saturated rings. The van der Waals surface area contributed by atoms with Crippen molar-refractivity contribution in [1.82, 2.24) is 9.97 Å². The van der Waals surface area contributed by atoms with Crippen molar-refractivity contribution in [3.63, 3.8) is 0 Å². The van der Waals surface area contributed by atoms with Crippen molar-refractivity contribution < 1.29 is 8.78 Å². The van der Waals surface area contributed by atoms with Crippen LogP contribution in [-0.4, -0.2) is 9.97 Å². The summed E-state index contributed by atoms with van der Waals surface area (Å²) in [5, 5.41) is 0. The van der Waals surface area contributed by atoms with E-state index >= 15 is 8.78 Å². The predicted octanol–water partition coefficient (Wildman–Crippen LogP) is 7.01. The fourth-order valence-electron chi connectivity index (χ4n) is 5.12. The first-order valence-electron chi connectivity index (χ1n) is 9.83. The number of nitrogens with zero attached hydrogens (tertiary/aromatic N) is 1. The van der Waals surface area contributed by atoms with Crippen LogP contribution in [0.25, 0.3) is 22.4 Å². The molecular weight excluding hydrogens is 422 g/mol.